The van der Waals surface area contributed by atoms with Crippen LogP contribution in [0, 0.1) is 12.8 Å². The maximum atomic E-state index is 13.7. The predicted molar refractivity (Wildman–Crippen MR) is 135 cm³/mol. The average Bonchev–Trinajstić information content (AvgIpc) is 3.65. The van der Waals surface area contributed by atoms with Crippen LogP contribution in [0.3, 0.4) is 0 Å². The number of rotatable bonds is 8. The molecule has 35 heavy (non-hydrogen) atoms. The fourth-order valence-corrected chi connectivity index (χ4v) is 6.10. The van der Waals surface area contributed by atoms with E-state index >= 15 is 0 Å². The minimum atomic E-state index is -0.175. The van der Waals surface area contributed by atoms with Crippen molar-refractivity contribution in [1.29, 1.82) is 0 Å². The van der Waals surface area contributed by atoms with Gasteiger partial charge >= 0.3 is 0 Å². The highest BCUT2D eigenvalue weighted by atomic mass is 32.1. The SMILES string of the molecule is Cc1ccc(OC[C@@H]2c3ccsc3CCN2C(=O)CN(Cc2ccco2)C(=O)C2CCCC2)cc1. The molecule has 3 aromatic rings. The molecule has 2 aliphatic rings. The Hall–Kier alpha value is -3.06. The lowest BCUT2D eigenvalue weighted by molar-refractivity contribution is -0.145. The number of fused-ring (bicyclic) bond motifs is 1. The minimum absolute atomic E-state index is 0.00302. The van der Waals surface area contributed by atoms with Crippen LogP contribution in [0.15, 0.2) is 58.5 Å². The molecule has 2 amide bonds. The van der Waals surface area contributed by atoms with Crippen LogP contribution in [0.1, 0.15) is 53.5 Å². The molecular weight excluding hydrogens is 460 g/mol. The molecule has 5 rings (SSSR count). The number of ether oxygens (including phenoxy) is 1. The number of carbonyl (C=O) groups is 2. The van der Waals surface area contributed by atoms with Crippen molar-refractivity contribution in [2.45, 2.75) is 51.6 Å². The van der Waals surface area contributed by atoms with Crippen molar-refractivity contribution in [3.05, 3.63) is 75.9 Å². The number of thiophene rings is 1. The van der Waals surface area contributed by atoms with E-state index < -0.39 is 0 Å². The molecule has 0 bridgehead atoms. The smallest absolute Gasteiger partial charge is 0.242 e. The molecule has 1 atom stereocenters. The van der Waals surface area contributed by atoms with Crippen molar-refractivity contribution in [3.8, 4) is 5.75 Å². The molecule has 2 aromatic heterocycles. The molecule has 7 heteroatoms. The van der Waals surface area contributed by atoms with Crippen LogP contribution in [0.2, 0.25) is 0 Å². The Morgan fingerprint density at radius 2 is 1.94 bits per heavy atom. The van der Waals surface area contributed by atoms with Crippen LogP contribution in [0.25, 0.3) is 0 Å². The predicted octanol–water partition coefficient (Wildman–Crippen LogP) is 5.37. The Morgan fingerprint density at radius 3 is 2.69 bits per heavy atom. The summed E-state index contributed by atoms with van der Waals surface area (Å²) in [6, 6.07) is 13.6. The maximum absolute atomic E-state index is 13.7. The lowest BCUT2D eigenvalue weighted by Crippen LogP contribution is -2.48. The second-order valence-electron chi connectivity index (χ2n) is 9.53. The van der Waals surface area contributed by atoms with Crippen LogP contribution in [0.5, 0.6) is 5.75 Å². The summed E-state index contributed by atoms with van der Waals surface area (Å²) in [6.45, 7) is 3.42. The van der Waals surface area contributed by atoms with Crippen molar-refractivity contribution in [2.24, 2.45) is 5.92 Å². The number of hydrogen-bond donors (Lipinski definition) is 0. The van der Waals surface area contributed by atoms with Crippen LogP contribution >= 0.6 is 11.3 Å². The highest BCUT2D eigenvalue weighted by Crippen LogP contribution is 2.34. The summed E-state index contributed by atoms with van der Waals surface area (Å²) < 4.78 is 11.7. The summed E-state index contributed by atoms with van der Waals surface area (Å²) >= 11 is 1.73. The standard InChI is InChI=1S/C28H32N2O4S/c1-20-8-10-22(11-9-20)34-19-25-24-13-16-35-26(24)12-14-30(25)27(31)18-29(17-23-7-4-15-33-23)28(32)21-5-2-3-6-21/h4,7-11,13,15-16,21,25H,2-3,5-6,12,14,17-19H2,1H3/t25-/m1/s1. The van der Waals surface area contributed by atoms with Crippen molar-refractivity contribution in [1.82, 2.24) is 9.80 Å². The molecule has 184 valence electrons. The number of hydrogen-bond acceptors (Lipinski definition) is 5. The minimum Gasteiger partial charge on any atom is -0.491 e. The van der Waals surface area contributed by atoms with Gasteiger partial charge in [-0.05, 0) is 67.5 Å². The summed E-state index contributed by atoms with van der Waals surface area (Å²) in [7, 11) is 0. The molecule has 1 saturated carbocycles. The van der Waals surface area contributed by atoms with Gasteiger partial charge in [0.2, 0.25) is 11.8 Å². The van der Waals surface area contributed by atoms with Gasteiger partial charge in [0.15, 0.2) is 0 Å². The highest BCUT2D eigenvalue weighted by Gasteiger charge is 2.35. The molecule has 1 aromatic carbocycles. The van der Waals surface area contributed by atoms with Gasteiger partial charge in [-0.25, -0.2) is 0 Å². The number of benzene rings is 1. The quantitative estimate of drug-likeness (QED) is 0.424. The summed E-state index contributed by atoms with van der Waals surface area (Å²) in [5.41, 5.74) is 2.33. The topological polar surface area (TPSA) is 63.0 Å². The molecule has 1 fully saturated rings. The normalized spacial score (nSPS) is 17.9. The van der Waals surface area contributed by atoms with E-state index in [2.05, 4.69) is 11.4 Å². The van der Waals surface area contributed by atoms with E-state index in [-0.39, 0.29) is 30.3 Å². The Kier molecular flexibility index (Phi) is 7.23. The third kappa shape index (κ3) is 5.45. The van der Waals surface area contributed by atoms with Gasteiger partial charge in [-0.15, -0.1) is 11.3 Å². The Morgan fingerprint density at radius 1 is 1.14 bits per heavy atom. The van der Waals surface area contributed by atoms with Gasteiger partial charge in [0.1, 0.15) is 24.7 Å². The zero-order valence-electron chi connectivity index (χ0n) is 20.2. The second kappa shape index (κ2) is 10.7. The Labute approximate surface area is 210 Å². The first kappa shape index (κ1) is 23.7. The van der Waals surface area contributed by atoms with E-state index in [1.54, 1.807) is 22.5 Å². The van der Waals surface area contributed by atoms with E-state index in [4.69, 9.17) is 9.15 Å². The summed E-state index contributed by atoms with van der Waals surface area (Å²) in [4.78, 5) is 32.0. The number of amides is 2. The number of carbonyl (C=O) groups excluding carboxylic acids is 2. The van der Waals surface area contributed by atoms with Gasteiger partial charge in [0.05, 0.1) is 18.8 Å². The van der Waals surface area contributed by atoms with Crippen molar-refractivity contribution in [2.75, 3.05) is 19.7 Å². The van der Waals surface area contributed by atoms with Crippen molar-refractivity contribution in [3.63, 3.8) is 0 Å². The maximum Gasteiger partial charge on any atom is 0.242 e. The summed E-state index contributed by atoms with van der Waals surface area (Å²) in [5, 5.41) is 2.09. The first-order valence-electron chi connectivity index (χ1n) is 12.4. The van der Waals surface area contributed by atoms with Crippen LogP contribution in [0.4, 0.5) is 0 Å². The lowest BCUT2D eigenvalue weighted by atomic mass is 10.00. The van der Waals surface area contributed by atoms with E-state index in [1.165, 1.54) is 10.4 Å². The molecular formula is C28H32N2O4S. The fraction of sp³-hybridized carbons (Fsp3) is 0.429. The average molecular weight is 493 g/mol. The highest BCUT2D eigenvalue weighted by molar-refractivity contribution is 7.10. The third-order valence-corrected chi connectivity index (χ3v) is 8.11. The second-order valence-corrected chi connectivity index (χ2v) is 10.5. The zero-order valence-corrected chi connectivity index (χ0v) is 21.0. The van der Waals surface area contributed by atoms with Crippen LogP contribution < -0.4 is 4.74 Å². The molecule has 0 radical (unpaired) electrons. The lowest BCUT2D eigenvalue weighted by Gasteiger charge is -2.37. The molecule has 0 N–H and O–H groups in total. The first-order valence-corrected chi connectivity index (χ1v) is 13.3. The van der Waals surface area contributed by atoms with E-state index in [0.717, 1.165) is 43.4 Å². The van der Waals surface area contributed by atoms with Crippen molar-refractivity contribution < 1.29 is 18.7 Å². The Balaban J connectivity index is 1.33. The molecule has 3 heterocycles. The number of aryl methyl sites for hydroxylation is 1. The monoisotopic (exact) mass is 492 g/mol. The fourth-order valence-electron chi connectivity index (χ4n) is 5.17. The van der Waals surface area contributed by atoms with Gasteiger partial charge in [0.25, 0.3) is 0 Å². The van der Waals surface area contributed by atoms with E-state index in [9.17, 15) is 9.59 Å². The van der Waals surface area contributed by atoms with Gasteiger partial charge in [-0.1, -0.05) is 30.5 Å². The number of furan rings is 1. The molecule has 6 nitrogen and oxygen atoms in total. The largest absolute Gasteiger partial charge is 0.491 e. The van der Waals surface area contributed by atoms with Gasteiger partial charge in [-0.2, -0.15) is 0 Å². The van der Waals surface area contributed by atoms with E-state index in [0.29, 0.717) is 25.5 Å². The molecule has 0 unspecified atom stereocenters. The molecule has 1 aliphatic carbocycles. The Bertz CT molecular complexity index is 1130. The van der Waals surface area contributed by atoms with Crippen molar-refractivity contribution >= 4 is 23.2 Å². The third-order valence-electron chi connectivity index (χ3n) is 7.11. The van der Waals surface area contributed by atoms with Crippen LogP contribution in [-0.2, 0) is 22.6 Å². The molecule has 0 spiro atoms. The number of nitrogens with zero attached hydrogens (tertiary/aromatic N) is 2. The molecule has 1 aliphatic heterocycles. The van der Waals surface area contributed by atoms with Gasteiger partial charge in [-0.3, -0.25) is 9.59 Å². The van der Waals surface area contributed by atoms with Gasteiger partial charge < -0.3 is 19.0 Å². The molecule has 0 saturated heterocycles. The van der Waals surface area contributed by atoms with Gasteiger partial charge in [0, 0.05) is 17.3 Å². The first-order chi connectivity index (χ1) is 17.1. The summed E-state index contributed by atoms with van der Waals surface area (Å²) in [5.74, 6) is 1.51. The summed E-state index contributed by atoms with van der Waals surface area (Å²) in [6.07, 6.45) is 6.38. The zero-order chi connectivity index (χ0) is 24.2. The van der Waals surface area contributed by atoms with Crippen LogP contribution in [-0.4, -0.2) is 41.3 Å². The van der Waals surface area contributed by atoms with E-state index in [1.807, 2.05) is 48.2 Å².